The van der Waals surface area contributed by atoms with Crippen LogP contribution in [0.5, 0.6) is 5.75 Å². The maximum absolute atomic E-state index is 11.1. The summed E-state index contributed by atoms with van der Waals surface area (Å²) in [7, 11) is 1.36. The second kappa shape index (κ2) is 6.45. The zero-order valence-corrected chi connectivity index (χ0v) is 11.7. The fourth-order valence-electron chi connectivity index (χ4n) is 1.28. The molecule has 0 spiro atoms. The van der Waals surface area contributed by atoms with Crippen molar-refractivity contribution in [3.8, 4) is 5.75 Å². The fourth-order valence-corrected chi connectivity index (χ4v) is 1.75. The Morgan fingerprint density at radius 1 is 1.47 bits per heavy atom. The molecule has 0 atom stereocenters. The summed E-state index contributed by atoms with van der Waals surface area (Å²) in [4.78, 5) is 11.1. The molecule has 17 heavy (non-hydrogen) atoms. The molecule has 1 aromatic rings. The molecular weight excluding hydrogens is 284 g/mol. The van der Waals surface area contributed by atoms with Crippen molar-refractivity contribution in [1.29, 1.82) is 0 Å². The van der Waals surface area contributed by atoms with Crippen LogP contribution < -0.4 is 4.74 Å². The van der Waals surface area contributed by atoms with Crippen molar-refractivity contribution >= 4 is 21.9 Å². The van der Waals surface area contributed by atoms with Gasteiger partial charge in [-0.15, -0.1) is 0 Å². The first kappa shape index (κ1) is 13.8. The highest BCUT2D eigenvalue weighted by Gasteiger charge is 2.03. The van der Waals surface area contributed by atoms with Gasteiger partial charge in [0, 0.05) is 10.0 Å². The molecule has 0 heterocycles. The molecule has 0 aliphatic heterocycles. The van der Waals surface area contributed by atoms with E-state index in [2.05, 4.69) is 20.7 Å². The van der Waals surface area contributed by atoms with Gasteiger partial charge < -0.3 is 9.47 Å². The Morgan fingerprint density at radius 2 is 2.18 bits per heavy atom. The maximum Gasteiger partial charge on any atom is 0.333 e. The lowest BCUT2D eigenvalue weighted by Gasteiger charge is -2.07. The SMILES string of the molecule is COC(=O)C(C)=CCOc1ccc(Br)cc1C. The molecule has 0 bridgehead atoms. The van der Waals surface area contributed by atoms with E-state index in [0.29, 0.717) is 12.2 Å². The highest BCUT2D eigenvalue weighted by molar-refractivity contribution is 9.10. The predicted molar refractivity (Wildman–Crippen MR) is 70.1 cm³/mol. The molecule has 0 aliphatic rings. The molecule has 0 unspecified atom stereocenters. The molecular formula is C13H15BrO3. The van der Waals surface area contributed by atoms with Crippen LogP contribution in [0.1, 0.15) is 12.5 Å². The number of benzene rings is 1. The monoisotopic (exact) mass is 298 g/mol. The largest absolute Gasteiger partial charge is 0.489 e. The number of rotatable bonds is 4. The van der Waals surface area contributed by atoms with Gasteiger partial charge in [-0.05, 0) is 43.7 Å². The minimum Gasteiger partial charge on any atom is -0.489 e. The quantitative estimate of drug-likeness (QED) is 0.632. The van der Waals surface area contributed by atoms with Crippen LogP contribution in [0.3, 0.4) is 0 Å². The average molecular weight is 299 g/mol. The molecule has 92 valence electrons. The Balaban J connectivity index is 2.59. The van der Waals surface area contributed by atoms with E-state index in [9.17, 15) is 4.79 Å². The highest BCUT2D eigenvalue weighted by Crippen LogP contribution is 2.22. The first-order valence-electron chi connectivity index (χ1n) is 5.18. The number of ether oxygens (including phenoxy) is 2. The number of aryl methyl sites for hydroxylation is 1. The van der Waals surface area contributed by atoms with Crippen LogP contribution in [0.15, 0.2) is 34.3 Å². The first-order chi connectivity index (χ1) is 8.04. The van der Waals surface area contributed by atoms with Crippen LogP contribution in [-0.2, 0) is 9.53 Å². The molecule has 0 amide bonds. The lowest BCUT2D eigenvalue weighted by atomic mass is 10.2. The van der Waals surface area contributed by atoms with Crippen molar-refractivity contribution in [2.24, 2.45) is 0 Å². The minimum atomic E-state index is -0.332. The number of carbonyl (C=O) groups is 1. The Kier molecular flexibility index (Phi) is 5.22. The molecule has 0 fully saturated rings. The van der Waals surface area contributed by atoms with Crippen LogP contribution in [0, 0.1) is 6.92 Å². The predicted octanol–water partition coefficient (Wildman–Crippen LogP) is 3.26. The zero-order valence-electron chi connectivity index (χ0n) is 10.1. The second-order valence-electron chi connectivity index (χ2n) is 3.60. The van der Waals surface area contributed by atoms with Gasteiger partial charge in [-0.1, -0.05) is 15.9 Å². The minimum absolute atomic E-state index is 0.332. The average Bonchev–Trinajstić information content (AvgIpc) is 2.30. The standard InChI is InChI=1S/C13H15BrO3/c1-9(13(15)16-3)6-7-17-12-5-4-11(14)8-10(12)2/h4-6,8H,7H2,1-3H3. The number of carbonyl (C=O) groups excluding carboxylic acids is 1. The number of esters is 1. The smallest absolute Gasteiger partial charge is 0.333 e. The summed E-state index contributed by atoms with van der Waals surface area (Å²) in [6, 6.07) is 5.78. The summed E-state index contributed by atoms with van der Waals surface area (Å²) in [5.74, 6) is 0.475. The summed E-state index contributed by atoms with van der Waals surface area (Å²) in [6.45, 7) is 4.02. The summed E-state index contributed by atoms with van der Waals surface area (Å²) < 4.78 is 11.2. The Hall–Kier alpha value is -1.29. The molecule has 0 aliphatic carbocycles. The topological polar surface area (TPSA) is 35.5 Å². The van der Waals surface area contributed by atoms with E-state index in [-0.39, 0.29) is 5.97 Å². The lowest BCUT2D eigenvalue weighted by Crippen LogP contribution is -2.04. The molecule has 3 nitrogen and oxygen atoms in total. The summed E-state index contributed by atoms with van der Waals surface area (Å²) in [6.07, 6.45) is 1.70. The normalized spacial score (nSPS) is 11.2. The molecule has 0 saturated carbocycles. The number of hydrogen-bond acceptors (Lipinski definition) is 3. The van der Waals surface area contributed by atoms with Crippen molar-refractivity contribution in [3.63, 3.8) is 0 Å². The summed E-state index contributed by atoms with van der Waals surface area (Å²) >= 11 is 3.39. The number of methoxy groups -OCH3 is 1. The van der Waals surface area contributed by atoms with Gasteiger partial charge in [-0.2, -0.15) is 0 Å². The zero-order chi connectivity index (χ0) is 12.8. The van der Waals surface area contributed by atoms with Crippen LogP contribution in [0.4, 0.5) is 0 Å². The molecule has 1 aromatic carbocycles. The van der Waals surface area contributed by atoms with Crippen LogP contribution in [0.25, 0.3) is 0 Å². The van der Waals surface area contributed by atoms with Crippen LogP contribution in [0.2, 0.25) is 0 Å². The van der Waals surface area contributed by atoms with E-state index in [1.807, 2.05) is 25.1 Å². The van der Waals surface area contributed by atoms with Crippen LogP contribution >= 0.6 is 15.9 Å². The van der Waals surface area contributed by atoms with E-state index < -0.39 is 0 Å². The van der Waals surface area contributed by atoms with Gasteiger partial charge in [0.2, 0.25) is 0 Å². The van der Waals surface area contributed by atoms with Crippen molar-refractivity contribution in [3.05, 3.63) is 39.9 Å². The molecule has 1 rings (SSSR count). The Bertz CT molecular complexity index is 438. The van der Waals surface area contributed by atoms with Crippen molar-refractivity contribution < 1.29 is 14.3 Å². The van der Waals surface area contributed by atoms with Crippen LogP contribution in [-0.4, -0.2) is 19.7 Å². The van der Waals surface area contributed by atoms with Crippen molar-refractivity contribution in [2.45, 2.75) is 13.8 Å². The highest BCUT2D eigenvalue weighted by atomic mass is 79.9. The van der Waals surface area contributed by atoms with Gasteiger partial charge in [-0.3, -0.25) is 0 Å². The maximum atomic E-state index is 11.1. The van der Waals surface area contributed by atoms with Gasteiger partial charge >= 0.3 is 5.97 Å². The second-order valence-corrected chi connectivity index (χ2v) is 4.52. The third-order valence-electron chi connectivity index (χ3n) is 2.27. The van der Waals surface area contributed by atoms with Gasteiger partial charge in [-0.25, -0.2) is 4.79 Å². The van der Waals surface area contributed by atoms with E-state index in [0.717, 1.165) is 15.8 Å². The van der Waals surface area contributed by atoms with Crippen molar-refractivity contribution in [2.75, 3.05) is 13.7 Å². The van der Waals surface area contributed by atoms with Gasteiger partial charge in [0.25, 0.3) is 0 Å². The molecule has 0 aromatic heterocycles. The summed E-state index contributed by atoms with van der Waals surface area (Å²) in [5.41, 5.74) is 1.59. The molecule has 0 N–H and O–H groups in total. The first-order valence-corrected chi connectivity index (χ1v) is 5.98. The fraction of sp³-hybridized carbons (Fsp3) is 0.308. The lowest BCUT2D eigenvalue weighted by molar-refractivity contribution is -0.136. The number of halogens is 1. The van der Waals surface area contributed by atoms with E-state index in [4.69, 9.17) is 4.74 Å². The van der Waals surface area contributed by atoms with E-state index >= 15 is 0 Å². The summed E-state index contributed by atoms with van der Waals surface area (Å²) in [5, 5.41) is 0. The molecule has 0 radical (unpaired) electrons. The van der Waals surface area contributed by atoms with Gasteiger partial charge in [0.05, 0.1) is 7.11 Å². The third kappa shape index (κ3) is 4.23. The van der Waals surface area contributed by atoms with Gasteiger partial charge in [0.15, 0.2) is 0 Å². The molecule has 4 heteroatoms. The van der Waals surface area contributed by atoms with E-state index in [1.165, 1.54) is 7.11 Å². The Morgan fingerprint density at radius 3 is 2.76 bits per heavy atom. The number of hydrogen-bond donors (Lipinski definition) is 0. The third-order valence-corrected chi connectivity index (χ3v) is 2.77. The molecule has 0 saturated heterocycles. The van der Waals surface area contributed by atoms with E-state index in [1.54, 1.807) is 13.0 Å². The van der Waals surface area contributed by atoms with Crippen molar-refractivity contribution in [1.82, 2.24) is 0 Å². The van der Waals surface area contributed by atoms with Gasteiger partial charge in [0.1, 0.15) is 12.4 Å². The Labute approximate surface area is 110 Å².